The van der Waals surface area contributed by atoms with Crippen LogP contribution in [0.15, 0.2) is 48.6 Å². The van der Waals surface area contributed by atoms with E-state index in [0.717, 1.165) is 57.8 Å². The Kier molecular flexibility index (Phi) is 56.1. The quantitative estimate of drug-likeness (QED) is 0.0211. The van der Waals surface area contributed by atoms with Crippen molar-refractivity contribution in [3.63, 3.8) is 0 Å². The molecule has 0 aliphatic carbocycles. The van der Waals surface area contributed by atoms with Gasteiger partial charge in [0.1, 0.15) is 19.8 Å². The van der Waals surface area contributed by atoms with Gasteiger partial charge in [-0.15, -0.1) is 0 Å². The predicted octanol–water partition coefficient (Wildman–Crippen LogP) is 20.5. The van der Waals surface area contributed by atoms with Crippen molar-refractivity contribution in [2.24, 2.45) is 0 Å². The van der Waals surface area contributed by atoms with Gasteiger partial charge in [0.05, 0.1) is 27.7 Å². The smallest absolute Gasteiger partial charge is 0.462 e. The number of rotatable bonds is 60. The van der Waals surface area contributed by atoms with Crippen molar-refractivity contribution < 1.29 is 42.1 Å². The summed E-state index contributed by atoms with van der Waals surface area (Å²) in [6.45, 7) is 4.38. The molecule has 0 bridgehead atoms. The van der Waals surface area contributed by atoms with Crippen molar-refractivity contribution in [2.75, 3.05) is 47.5 Å². The molecule has 0 aliphatic rings. The van der Waals surface area contributed by atoms with E-state index in [0.29, 0.717) is 23.9 Å². The maximum atomic E-state index is 12.9. The highest BCUT2D eigenvalue weighted by molar-refractivity contribution is 7.47. The van der Waals surface area contributed by atoms with Crippen molar-refractivity contribution in [1.29, 1.82) is 0 Å². The number of esters is 2. The average Bonchev–Trinajstić information content (AvgIpc) is 3.38. The van der Waals surface area contributed by atoms with Gasteiger partial charge >= 0.3 is 19.8 Å². The zero-order valence-corrected chi connectivity index (χ0v) is 51.6. The van der Waals surface area contributed by atoms with E-state index in [-0.39, 0.29) is 25.6 Å². The lowest BCUT2D eigenvalue weighted by molar-refractivity contribution is -0.870. The lowest BCUT2D eigenvalue weighted by Crippen LogP contribution is -2.37. The number of ether oxygens (including phenoxy) is 2. The summed E-state index contributed by atoms with van der Waals surface area (Å²) in [5, 5.41) is 0. The minimum atomic E-state index is -4.39. The third-order valence-corrected chi connectivity index (χ3v) is 15.4. The second kappa shape index (κ2) is 57.6. The number of unbranched alkanes of at least 4 members (excludes halogenated alkanes) is 38. The fourth-order valence-electron chi connectivity index (χ4n) is 9.42. The number of allylic oxidation sites excluding steroid dienone is 8. The molecule has 0 spiro atoms. The van der Waals surface area contributed by atoms with E-state index in [1.807, 2.05) is 21.1 Å². The molecule has 0 aromatic rings. The van der Waals surface area contributed by atoms with Gasteiger partial charge < -0.3 is 18.9 Å². The molecule has 0 radical (unpaired) electrons. The van der Waals surface area contributed by atoms with Crippen LogP contribution in [0, 0.1) is 0 Å². The van der Waals surface area contributed by atoms with Gasteiger partial charge in [-0.25, -0.2) is 4.57 Å². The van der Waals surface area contributed by atoms with Crippen LogP contribution >= 0.6 is 7.82 Å². The largest absolute Gasteiger partial charge is 0.472 e. The van der Waals surface area contributed by atoms with Gasteiger partial charge in [0.2, 0.25) is 0 Å². The van der Waals surface area contributed by atoms with Crippen LogP contribution in [0.5, 0.6) is 0 Å². The molecule has 0 aliphatic heterocycles. The summed E-state index contributed by atoms with van der Waals surface area (Å²) < 4.78 is 34.7. The van der Waals surface area contributed by atoms with Gasteiger partial charge in [0, 0.05) is 12.8 Å². The van der Waals surface area contributed by atoms with Crippen molar-refractivity contribution in [2.45, 2.75) is 315 Å². The maximum Gasteiger partial charge on any atom is 0.472 e. The highest BCUT2D eigenvalue weighted by Gasteiger charge is 2.27. The van der Waals surface area contributed by atoms with E-state index in [1.54, 1.807) is 0 Å². The number of nitrogens with zero attached hydrogens (tertiary/aromatic N) is 1. The molecule has 0 saturated carbocycles. The number of hydrogen-bond acceptors (Lipinski definition) is 7. The molecule has 0 fully saturated rings. The molecule has 446 valence electrons. The van der Waals surface area contributed by atoms with Crippen molar-refractivity contribution in [1.82, 2.24) is 0 Å². The van der Waals surface area contributed by atoms with Gasteiger partial charge in [-0.05, 0) is 51.4 Å². The van der Waals surface area contributed by atoms with Crippen LogP contribution in [0.2, 0.25) is 0 Å². The van der Waals surface area contributed by atoms with Crippen LogP contribution in [0.25, 0.3) is 0 Å². The second-order valence-electron chi connectivity index (χ2n) is 23.1. The molecule has 76 heavy (non-hydrogen) atoms. The van der Waals surface area contributed by atoms with Crippen molar-refractivity contribution >= 4 is 19.8 Å². The summed E-state index contributed by atoms with van der Waals surface area (Å²) in [5.41, 5.74) is 0. The Morgan fingerprint density at radius 2 is 0.750 bits per heavy atom. The number of quaternary nitrogens is 1. The van der Waals surface area contributed by atoms with Crippen LogP contribution < -0.4 is 0 Å². The van der Waals surface area contributed by atoms with Gasteiger partial charge in [-0.2, -0.15) is 0 Å². The first-order chi connectivity index (χ1) is 37.0. The molecule has 1 N–H and O–H groups in total. The Morgan fingerprint density at radius 3 is 1.12 bits per heavy atom. The Bertz CT molecular complexity index is 1420. The van der Waals surface area contributed by atoms with Gasteiger partial charge in [-0.1, -0.05) is 294 Å². The topological polar surface area (TPSA) is 108 Å². The maximum absolute atomic E-state index is 12.9. The molecule has 9 nitrogen and oxygen atoms in total. The molecule has 2 atom stereocenters. The zero-order valence-electron chi connectivity index (χ0n) is 50.8. The van der Waals surface area contributed by atoms with Gasteiger partial charge in [0.25, 0.3) is 0 Å². The molecular weight excluding hydrogens is 966 g/mol. The van der Waals surface area contributed by atoms with Gasteiger partial charge in [0.15, 0.2) is 6.10 Å². The SMILES string of the molecule is CC/C=C\C/C=C\C/C=C\C/C=C\CCCCCCCCCCCCCCCCCCC(=O)OC(COC(=O)CCCCCCCCCCCCCCCCCCCCCCCCC)COP(=O)(O)OCC[N+](C)(C)C. The van der Waals surface area contributed by atoms with Gasteiger partial charge in [-0.3, -0.25) is 18.6 Å². The first kappa shape index (κ1) is 74.0. The lowest BCUT2D eigenvalue weighted by atomic mass is 10.0. The molecule has 0 aromatic heterocycles. The standard InChI is InChI=1S/C66H124NO8P/c1-6-8-10-12-14-16-18-20-22-24-26-28-30-31-32-33-34-35-37-39-41-43-45-47-49-51-53-55-57-59-66(69)75-64(63-74-76(70,71)73-61-60-67(3,4)5)62-72-65(68)58-56-54-52-50-48-46-44-42-40-38-36-29-27-25-23-21-19-17-15-13-11-9-7-2/h8,10,14,16,20,22,26,28,64H,6-7,9,11-13,15,17-19,21,23-25,27,29-63H2,1-5H3/p+1/b10-8-,16-14-,22-20-,28-26-. The zero-order chi connectivity index (χ0) is 55.6. The Morgan fingerprint density at radius 1 is 0.421 bits per heavy atom. The summed E-state index contributed by atoms with van der Waals surface area (Å²) in [4.78, 5) is 35.8. The highest BCUT2D eigenvalue weighted by Crippen LogP contribution is 2.43. The fourth-order valence-corrected chi connectivity index (χ4v) is 10.2. The molecule has 2 unspecified atom stereocenters. The molecular formula is C66H125NO8P+. The average molecular weight is 1090 g/mol. The van der Waals surface area contributed by atoms with E-state index in [9.17, 15) is 19.0 Å². The van der Waals surface area contributed by atoms with Crippen LogP contribution in [-0.4, -0.2) is 74.9 Å². The number of hydrogen-bond donors (Lipinski definition) is 1. The third kappa shape index (κ3) is 61.2. The number of carbonyl (C=O) groups excluding carboxylic acids is 2. The van der Waals surface area contributed by atoms with E-state index >= 15 is 0 Å². The summed E-state index contributed by atoms with van der Waals surface area (Å²) in [7, 11) is 1.49. The second-order valence-corrected chi connectivity index (χ2v) is 24.6. The lowest BCUT2D eigenvalue weighted by Gasteiger charge is -2.24. The van der Waals surface area contributed by atoms with E-state index < -0.39 is 26.5 Å². The summed E-state index contributed by atoms with van der Waals surface area (Å²) >= 11 is 0. The van der Waals surface area contributed by atoms with Crippen LogP contribution in [0.1, 0.15) is 309 Å². The summed E-state index contributed by atoms with van der Waals surface area (Å²) in [5.74, 6) is -0.780. The number of phosphoric acid groups is 1. The number of likely N-dealkylation sites (N-methyl/N-ethyl adjacent to an activating group) is 1. The predicted molar refractivity (Wildman–Crippen MR) is 326 cm³/mol. The number of phosphoric ester groups is 1. The monoisotopic (exact) mass is 1090 g/mol. The third-order valence-electron chi connectivity index (χ3n) is 14.4. The molecule has 0 saturated heterocycles. The minimum absolute atomic E-state index is 0.0336. The van der Waals surface area contributed by atoms with Crippen LogP contribution in [0.4, 0.5) is 0 Å². The van der Waals surface area contributed by atoms with Crippen LogP contribution in [0.3, 0.4) is 0 Å². The highest BCUT2D eigenvalue weighted by atomic mass is 31.2. The molecule has 0 aromatic carbocycles. The number of carbonyl (C=O) groups is 2. The fraction of sp³-hybridized carbons (Fsp3) is 0.848. The van der Waals surface area contributed by atoms with E-state index in [2.05, 4.69) is 62.5 Å². The Labute approximate surface area is 471 Å². The molecule has 10 heteroatoms. The Hall–Kier alpha value is -2.03. The first-order valence-electron chi connectivity index (χ1n) is 32.4. The first-order valence-corrected chi connectivity index (χ1v) is 33.9. The van der Waals surface area contributed by atoms with Crippen molar-refractivity contribution in [3.8, 4) is 0 Å². The minimum Gasteiger partial charge on any atom is -0.462 e. The Balaban J connectivity index is 4.05. The molecule has 0 amide bonds. The summed E-state index contributed by atoms with van der Waals surface area (Å²) in [6.07, 6.45) is 73.4. The van der Waals surface area contributed by atoms with E-state index in [4.69, 9.17) is 18.5 Å². The summed E-state index contributed by atoms with van der Waals surface area (Å²) in [6, 6.07) is 0. The normalized spacial score (nSPS) is 13.5. The molecule has 0 rings (SSSR count). The van der Waals surface area contributed by atoms with Crippen LogP contribution in [-0.2, 0) is 32.7 Å². The molecule has 0 heterocycles. The van der Waals surface area contributed by atoms with Crippen molar-refractivity contribution in [3.05, 3.63) is 48.6 Å². The van der Waals surface area contributed by atoms with E-state index in [1.165, 1.54) is 218 Å².